The van der Waals surface area contributed by atoms with E-state index in [-0.39, 0.29) is 5.91 Å². The van der Waals surface area contributed by atoms with Crippen molar-refractivity contribution in [1.82, 2.24) is 5.43 Å². The number of carbonyl (C=O) groups is 1. The summed E-state index contributed by atoms with van der Waals surface area (Å²) < 4.78 is 0. The number of hydrazone groups is 1. The van der Waals surface area contributed by atoms with Gasteiger partial charge in [0.05, 0.1) is 0 Å². The maximum absolute atomic E-state index is 11.4. The molecule has 2 rings (SSSR count). The quantitative estimate of drug-likeness (QED) is 0.710. The van der Waals surface area contributed by atoms with Crippen LogP contribution in [0.1, 0.15) is 46.0 Å². The van der Waals surface area contributed by atoms with Gasteiger partial charge in [0.25, 0.3) is 0 Å². The molecule has 0 aromatic heterocycles. The minimum atomic E-state index is 0.0558. The molecule has 0 radical (unpaired) electrons. The van der Waals surface area contributed by atoms with Gasteiger partial charge in [0.15, 0.2) is 0 Å². The van der Waals surface area contributed by atoms with Gasteiger partial charge in [-0.2, -0.15) is 5.10 Å². The Morgan fingerprint density at radius 2 is 2.33 bits per heavy atom. The van der Waals surface area contributed by atoms with Crippen molar-refractivity contribution in [3.8, 4) is 0 Å². The second kappa shape index (κ2) is 4.33. The molecule has 0 aromatic rings. The summed E-state index contributed by atoms with van der Waals surface area (Å²) in [5, 5.41) is 4.28. The fraction of sp³-hybridized carbons (Fsp3) is 0.833. The van der Waals surface area contributed by atoms with Crippen LogP contribution in [0.2, 0.25) is 0 Å². The first-order chi connectivity index (χ1) is 7.15. The number of fused-ring (bicyclic) bond motifs is 2. The first-order valence-corrected chi connectivity index (χ1v) is 6.00. The van der Waals surface area contributed by atoms with Crippen LogP contribution in [0.3, 0.4) is 0 Å². The average Bonchev–Trinajstić information content (AvgIpc) is 2.74. The van der Waals surface area contributed by atoms with E-state index in [2.05, 4.69) is 10.5 Å². The zero-order valence-electron chi connectivity index (χ0n) is 9.62. The molecule has 0 saturated heterocycles. The molecule has 0 aliphatic heterocycles. The maximum Gasteiger partial charge on any atom is 0.240 e. The van der Waals surface area contributed by atoms with Crippen LogP contribution in [0, 0.1) is 17.8 Å². The molecule has 0 heterocycles. The Kier molecular flexibility index (Phi) is 3.08. The lowest BCUT2D eigenvalue weighted by Gasteiger charge is -2.11. The lowest BCUT2D eigenvalue weighted by molar-refractivity contribution is -0.121. The Labute approximate surface area is 91.3 Å². The van der Waals surface area contributed by atoms with Gasteiger partial charge in [0.1, 0.15) is 0 Å². The van der Waals surface area contributed by atoms with E-state index in [9.17, 15) is 4.79 Å². The van der Waals surface area contributed by atoms with Crippen molar-refractivity contribution in [1.29, 1.82) is 0 Å². The van der Waals surface area contributed by atoms with Gasteiger partial charge in [0, 0.05) is 12.1 Å². The number of nitrogens with one attached hydrogen (secondary N) is 1. The molecule has 84 valence electrons. The number of amides is 1. The lowest BCUT2D eigenvalue weighted by Crippen LogP contribution is -2.22. The second-order valence-electron chi connectivity index (χ2n) is 5.32. The van der Waals surface area contributed by atoms with Crippen LogP contribution in [0.5, 0.6) is 0 Å². The number of nitrogens with zero attached hydrogens (tertiary/aromatic N) is 1. The molecular weight excluding hydrogens is 188 g/mol. The zero-order valence-corrected chi connectivity index (χ0v) is 9.62. The summed E-state index contributed by atoms with van der Waals surface area (Å²) in [6.07, 6.45) is 5.64. The highest BCUT2D eigenvalue weighted by Gasteiger charge is 2.36. The molecular formula is C12H20N2O. The van der Waals surface area contributed by atoms with Crippen LogP contribution in [0.15, 0.2) is 5.10 Å². The van der Waals surface area contributed by atoms with E-state index in [1.165, 1.54) is 25.0 Å². The number of rotatable bonds is 3. The second-order valence-corrected chi connectivity index (χ2v) is 5.32. The van der Waals surface area contributed by atoms with Crippen LogP contribution in [-0.2, 0) is 4.79 Å². The third kappa shape index (κ3) is 2.58. The third-order valence-electron chi connectivity index (χ3n) is 3.43. The van der Waals surface area contributed by atoms with E-state index >= 15 is 0 Å². The fourth-order valence-electron chi connectivity index (χ4n) is 2.71. The lowest BCUT2D eigenvalue weighted by atomic mass is 9.99. The Morgan fingerprint density at radius 1 is 1.53 bits per heavy atom. The molecule has 15 heavy (non-hydrogen) atoms. The summed E-state index contributed by atoms with van der Waals surface area (Å²) >= 11 is 0. The summed E-state index contributed by atoms with van der Waals surface area (Å²) in [4.78, 5) is 11.4. The van der Waals surface area contributed by atoms with Crippen molar-refractivity contribution in [2.45, 2.75) is 46.0 Å². The van der Waals surface area contributed by atoms with Crippen LogP contribution in [0.4, 0.5) is 0 Å². The molecule has 0 spiro atoms. The smallest absolute Gasteiger partial charge is 0.240 e. The van der Waals surface area contributed by atoms with Gasteiger partial charge in [-0.05, 0) is 43.4 Å². The Hall–Kier alpha value is -0.860. The zero-order chi connectivity index (χ0) is 10.8. The van der Waals surface area contributed by atoms with Crippen molar-refractivity contribution < 1.29 is 4.79 Å². The molecule has 3 nitrogen and oxygen atoms in total. The monoisotopic (exact) mass is 208 g/mol. The van der Waals surface area contributed by atoms with Gasteiger partial charge < -0.3 is 0 Å². The topological polar surface area (TPSA) is 41.5 Å². The molecule has 3 heteroatoms. The van der Waals surface area contributed by atoms with E-state index < -0.39 is 0 Å². The van der Waals surface area contributed by atoms with Crippen molar-refractivity contribution in [2.75, 3.05) is 0 Å². The highest BCUT2D eigenvalue weighted by molar-refractivity contribution is 5.90. The Morgan fingerprint density at radius 3 is 2.87 bits per heavy atom. The molecule has 0 aromatic carbocycles. The molecule has 2 bridgehead atoms. The van der Waals surface area contributed by atoms with Gasteiger partial charge in [0.2, 0.25) is 5.91 Å². The number of hydrogen-bond donors (Lipinski definition) is 1. The van der Waals surface area contributed by atoms with Crippen molar-refractivity contribution >= 4 is 11.6 Å². The molecule has 2 atom stereocenters. The molecule has 2 unspecified atom stereocenters. The maximum atomic E-state index is 11.4. The highest BCUT2D eigenvalue weighted by atomic mass is 16.2. The van der Waals surface area contributed by atoms with E-state index in [1.54, 1.807) is 0 Å². The average molecular weight is 208 g/mol. The standard InChI is InChI=1S/C12H20N2O/c1-8(2)5-12(15)14-13-11-7-9-3-4-10(11)6-9/h8-10H,3-7H2,1-2H3,(H,14,15)/b13-11-. The van der Waals surface area contributed by atoms with Gasteiger partial charge in [-0.1, -0.05) is 13.8 Å². The predicted octanol–water partition coefficient (Wildman–Crippen LogP) is 2.32. The van der Waals surface area contributed by atoms with Crippen LogP contribution in [0.25, 0.3) is 0 Å². The largest absolute Gasteiger partial charge is 0.273 e. The SMILES string of the molecule is CC(C)CC(=O)N/N=C1/CC2CCC1C2. The number of hydrogen-bond acceptors (Lipinski definition) is 2. The molecule has 2 fully saturated rings. The van der Waals surface area contributed by atoms with Gasteiger partial charge in [-0.25, -0.2) is 5.43 Å². The highest BCUT2D eigenvalue weighted by Crippen LogP contribution is 2.42. The summed E-state index contributed by atoms with van der Waals surface area (Å²) in [6, 6.07) is 0. The van der Waals surface area contributed by atoms with Gasteiger partial charge in [-0.15, -0.1) is 0 Å². The normalized spacial score (nSPS) is 31.5. The third-order valence-corrected chi connectivity index (χ3v) is 3.43. The van der Waals surface area contributed by atoms with Crippen molar-refractivity contribution in [2.24, 2.45) is 22.9 Å². The van der Waals surface area contributed by atoms with E-state index in [0.717, 1.165) is 12.3 Å². The molecule has 2 saturated carbocycles. The van der Waals surface area contributed by atoms with E-state index in [0.29, 0.717) is 18.3 Å². The first kappa shape index (κ1) is 10.7. The molecule has 2 aliphatic rings. The Bertz CT molecular complexity index is 283. The molecule has 1 N–H and O–H groups in total. The Balaban J connectivity index is 1.82. The van der Waals surface area contributed by atoms with Crippen LogP contribution >= 0.6 is 0 Å². The minimum Gasteiger partial charge on any atom is -0.273 e. The summed E-state index contributed by atoms with van der Waals surface area (Å²) in [5.41, 5.74) is 3.93. The molecule has 1 amide bonds. The van der Waals surface area contributed by atoms with E-state index in [4.69, 9.17) is 0 Å². The predicted molar refractivity (Wildman–Crippen MR) is 60.5 cm³/mol. The minimum absolute atomic E-state index is 0.0558. The van der Waals surface area contributed by atoms with Gasteiger partial charge in [-0.3, -0.25) is 4.79 Å². The van der Waals surface area contributed by atoms with Crippen LogP contribution in [-0.4, -0.2) is 11.6 Å². The van der Waals surface area contributed by atoms with Crippen molar-refractivity contribution in [3.05, 3.63) is 0 Å². The fourth-order valence-corrected chi connectivity index (χ4v) is 2.71. The van der Waals surface area contributed by atoms with E-state index in [1.807, 2.05) is 13.8 Å². The summed E-state index contributed by atoms with van der Waals surface area (Å²) in [7, 11) is 0. The molecule has 2 aliphatic carbocycles. The van der Waals surface area contributed by atoms with Crippen LogP contribution < -0.4 is 5.43 Å². The number of carbonyl (C=O) groups excluding carboxylic acids is 1. The first-order valence-electron chi connectivity index (χ1n) is 6.00. The summed E-state index contributed by atoms with van der Waals surface area (Å²) in [5.74, 6) is 2.00. The van der Waals surface area contributed by atoms with Crippen molar-refractivity contribution in [3.63, 3.8) is 0 Å². The van der Waals surface area contributed by atoms with Gasteiger partial charge >= 0.3 is 0 Å². The summed E-state index contributed by atoms with van der Waals surface area (Å²) in [6.45, 7) is 4.09.